The van der Waals surface area contributed by atoms with E-state index in [-0.39, 0.29) is 0 Å². The molecule has 0 aliphatic heterocycles. The molecule has 106 valence electrons. The fourth-order valence-electron chi connectivity index (χ4n) is 1.77. The normalized spacial score (nSPS) is 10.3. The second-order valence-electron chi connectivity index (χ2n) is 4.48. The molecular weight excluding hydrogens is 293 g/mol. The SMILES string of the molecule is CCCOc1cccc(NCc2ccc(Cl)c(Cl)c2)c1. The van der Waals surface area contributed by atoms with Gasteiger partial charge >= 0.3 is 0 Å². The summed E-state index contributed by atoms with van der Waals surface area (Å²) in [5.74, 6) is 0.881. The van der Waals surface area contributed by atoms with E-state index in [9.17, 15) is 0 Å². The molecule has 0 saturated heterocycles. The minimum absolute atomic E-state index is 0.574. The average Bonchev–Trinajstić information content (AvgIpc) is 2.47. The van der Waals surface area contributed by atoms with Gasteiger partial charge in [-0.15, -0.1) is 0 Å². The smallest absolute Gasteiger partial charge is 0.121 e. The van der Waals surface area contributed by atoms with Crippen LogP contribution >= 0.6 is 23.2 Å². The Morgan fingerprint density at radius 1 is 1.05 bits per heavy atom. The molecule has 0 amide bonds. The lowest BCUT2D eigenvalue weighted by atomic mass is 10.2. The first-order chi connectivity index (χ1) is 9.69. The van der Waals surface area contributed by atoms with Crippen LogP contribution in [0, 0.1) is 0 Å². The van der Waals surface area contributed by atoms with Crippen LogP contribution in [0.4, 0.5) is 5.69 Å². The zero-order valence-electron chi connectivity index (χ0n) is 11.3. The zero-order valence-corrected chi connectivity index (χ0v) is 12.8. The van der Waals surface area contributed by atoms with Gasteiger partial charge in [-0.25, -0.2) is 0 Å². The number of ether oxygens (including phenoxy) is 1. The predicted octanol–water partition coefficient (Wildman–Crippen LogP) is 5.39. The van der Waals surface area contributed by atoms with Crippen LogP contribution in [0.1, 0.15) is 18.9 Å². The average molecular weight is 310 g/mol. The van der Waals surface area contributed by atoms with E-state index in [1.165, 1.54) is 0 Å². The molecule has 0 saturated carbocycles. The first kappa shape index (κ1) is 15.0. The van der Waals surface area contributed by atoms with Gasteiger partial charge in [0.15, 0.2) is 0 Å². The molecule has 20 heavy (non-hydrogen) atoms. The van der Waals surface area contributed by atoms with Gasteiger partial charge in [0.25, 0.3) is 0 Å². The van der Waals surface area contributed by atoms with Crippen LogP contribution in [-0.2, 0) is 6.54 Å². The highest BCUT2D eigenvalue weighted by molar-refractivity contribution is 6.42. The van der Waals surface area contributed by atoms with Crippen molar-refractivity contribution in [2.75, 3.05) is 11.9 Å². The van der Waals surface area contributed by atoms with Gasteiger partial charge in [0.2, 0.25) is 0 Å². The number of benzene rings is 2. The molecule has 0 atom stereocenters. The standard InChI is InChI=1S/C16H17Cl2NO/c1-2-8-20-14-5-3-4-13(10-14)19-11-12-6-7-15(17)16(18)9-12/h3-7,9-10,19H,2,8,11H2,1H3. The van der Waals surface area contributed by atoms with E-state index in [0.29, 0.717) is 16.6 Å². The Morgan fingerprint density at radius 3 is 2.65 bits per heavy atom. The van der Waals surface area contributed by atoms with Gasteiger partial charge in [-0.3, -0.25) is 0 Å². The lowest BCUT2D eigenvalue weighted by molar-refractivity contribution is 0.317. The third-order valence-corrected chi connectivity index (χ3v) is 3.53. The Bertz CT molecular complexity index is 572. The van der Waals surface area contributed by atoms with Crippen LogP contribution in [0.3, 0.4) is 0 Å². The van der Waals surface area contributed by atoms with Crippen molar-refractivity contribution in [3.63, 3.8) is 0 Å². The van der Waals surface area contributed by atoms with Gasteiger partial charge in [0.05, 0.1) is 16.7 Å². The van der Waals surface area contributed by atoms with E-state index in [1.807, 2.05) is 42.5 Å². The number of nitrogens with one attached hydrogen (secondary N) is 1. The molecule has 0 aliphatic rings. The number of halogens is 2. The van der Waals surface area contributed by atoms with Gasteiger partial charge in [0.1, 0.15) is 5.75 Å². The third kappa shape index (κ3) is 4.32. The number of anilines is 1. The fraction of sp³-hybridized carbons (Fsp3) is 0.250. The van der Waals surface area contributed by atoms with Gasteiger partial charge in [0, 0.05) is 18.3 Å². The molecule has 0 aliphatic carbocycles. The van der Waals surface area contributed by atoms with Crippen molar-refractivity contribution in [1.82, 2.24) is 0 Å². The van der Waals surface area contributed by atoms with E-state index < -0.39 is 0 Å². The summed E-state index contributed by atoms with van der Waals surface area (Å²) in [6.07, 6.45) is 1.00. The van der Waals surface area contributed by atoms with E-state index in [2.05, 4.69) is 12.2 Å². The van der Waals surface area contributed by atoms with Crippen molar-refractivity contribution in [2.45, 2.75) is 19.9 Å². The van der Waals surface area contributed by atoms with Crippen molar-refractivity contribution < 1.29 is 4.74 Å². The van der Waals surface area contributed by atoms with Crippen molar-refractivity contribution in [3.8, 4) is 5.75 Å². The molecule has 1 N–H and O–H groups in total. The topological polar surface area (TPSA) is 21.3 Å². The molecule has 2 aromatic rings. The largest absolute Gasteiger partial charge is 0.494 e. The monoisotopic (exact) mass is 309 g/mol. The molecule has 0 spiro atoms. The van der Waals surface area contributed by atoms with Crippen LogP contribution in [0.15, 0.2) is 42.5 Å². The van der Waals surface area contributed by atoms with Gasteiger partial charge < -0.3 is 10.1 Å². The first-order valence-corrected chi connectivity index (χ1v) is 7.35. The molecule has 0 heterocycles. The van der Waals surface area contributed by atoms with Crippen LogP contribution in [0.5, 0.6) is 5.75 Å². The van der Waals surface area contributed by atoms with Crippen molar-refractivity contribution in [2.24, 2.45) is 0 Å². The van der Waals surface area contributed by atoms with Gasteiger partial charge in [-0.1, -0.05) is 42.3 Å². The van der Waals surface area contributed by atoms with Gasteiger partial charge in [-0.05, 0) is 36.2 Å². The van der Waals surface area contributed by atoms with Crippen LogP contribution < -0.4 is 10.1 Å². The molecule has 0 bridgehead atoms. The maximum Gasteiger partial charge on any atom is 0.121 e. The van der Waals surface area contributed by atoms with E-state index in [0.717, 1.165) is 30.0 Å². The summed E-state index contributed by atoms with van der Waals surface area (Å²) in [6, 6.07) is 13.6. The summed E-state index contributed by atoms with van der Waals surface area (Å²) in [7, 11) is 0. The molecule has 2 aromatic carbocycles. The van der Waals surface area contributed by atoms with E-state index in [4.69, 9.17) is 27.9 Å². The highest BCUT2D eigenvalue weighted by atomic mass is 35.5. The second kappa shape index (κ2) is 7.41. The Labute approximate surface area is 129 Å². The Kier molecular flexibility index (Phi) is 5.57. The van der Waals surface area contributed by atoms with Gasteiger partial charge in [-0.2, -0.15) is 0 Å². The summed E-state index contributed by atoms with van der Waals surface area (Å²) in [5.41, 5.74) is 2.10. The lowest BCUT2D eigenvalue weighted by Gasteiger charge is -2.10. The Balaban J connectivity index is 1.97. The second-order valence-corrected chi connectivity index (χ2v) is 5.29. The summed E-state index contributed by atoms with van der Waals surface area (Å²) >= 11 is 11.9. The van der Waals surface area contributed by atoms with E-state index >= 15 is 0 Å². The molecule has 4 heteroatoms. The highest BCUT2D eigenvalue weighted by Gasteiger charge is 2.01. The quantitative estimate of drug-likeness (QED) is 0.772. The molecule has 2 nitrogen and oxygen atoms in total. The molecule has 2 rings (SSSR count). The zero-order chi connectivity index (χ0) is 14.4. The highest BCUT2D eigenvalue weighted by Crippen LogP contribution is 2.23. The molecule has 0 fully saturated rings. The van der Waals surface area contributed by atoms with Crippen LogP contribution in [0.25, 0.3) is 0 Å². The fourth-order valence-corrected chi connectivity index (χ4v) is 2.09. The van der Waals surface area contributed by atoms with Crippen molar-refractivity contribution >= 4 is 28.9 Å². The summed E-state index contributed by atoms with van der Waals surface area (Å²) in [6.45, 7) is 3.51. The number of rotatable bonds is 6. The molecular formula is C16H17Cl2NO. The van der Waals surface area contributed by atoms with Crippen molar-refractivity contribution in [1.29, 1.82) is 0 Å². The maximum atomic E-state index is 6.00. The first-order valence-electron chi connectivity index (χ1n) is 6.59. The molecule has 0 unspecified atom stereocenters. The predicted molar refractivity (Wildman–Crippen MR) is 86.0 cm³/mol. The summed E-state index contributed by atoms with van der Waals surface area (Å²) < 4.78 is 5.60. The third-order valence-electron chi connectivity index (χ3n) is 2.79. The molecule has 0 radical (unpaired) electrons. The number of hydrogen-bond acceptors (Lipinski definition) is 2. The Morgan fingerprint density at radius 2 is 1.90 bits per heavy atom. The number of hydrogen-bond donors (Lipinski definition) is 1. The Hall–Kier alpha value is -1.38. The summed E-state index contributed by atoms with van der Waals surface area (Å²) in [5, 5.41) is 4.49. The summed E-state index contributed by atoms with van der Waals surface area (Å²) in [4.78, 5) is 0. The lowest BCUT2D eigenvalue weighted by Crippen LogP contribution is -2.00. The van der Waals surface area contributed by atoms with Crippen LogP contribution in [0.2, 0.25) is 10.0 Å². The van der Waals surface area contributed by atoms with E-state index in [1.54, 1.807) is 0 Å². The van der Waals surface area contributed by atoms with Crippen molar-refractivity contribution in [3.05, 3.63) is 58.1 Å². The molecule has 0 aromatic heterocycles. The minimum Gasteiger partial charge on any atom is -0.494 e. The maximum absolute atomic E-state index is 6.00. The van der Waals surface area contributed by atoms with Crippen LogP contribution in [-0.4, -0.2) is 6.61 Å². The minimum atomic E-state index is 0.574.